The Morgan fingerprint density at radius 3 is 1.68 bits per heavy atom. The molecular weight excluding hydrogens is 388 g/mol. The van der Waals surface area contributed by atoms with E-state index in [0.29, 0.717) is 12.2 Å². The molecule has 1 rings (SSSR count). The van der Waals surface area contributed by atoms with Crippen molar-refractivity contribution in [1.82, 2.24) is 0 Å². The number of benzene rings is 1. The molecule has 0 aliphatic carbocycles. The summed E-state index contributed by atoms with van der Waals surface area (Å²) in [7, 11) is 0. The molecule has 0 bridgehead atoms. The molecule has 4 nitrogen and oxygen atoms in total. The van der Waals surface area contributed by atoms with Gasteiger partial charge in [-0.1, -0.05) is 115 Å². The molecule has 1 aromatic carbocycles. The van der Waals surface area contributed by atoms with Gasteiger partial charge in [0.1, 0.15) is 0 Å². The van der Waals surface area contributed by atoms with Crippen LogP contribution in [0.1, 0.15) is 115 Å². The van der Waals surface area contributed by atoms with Crippen LogP contribution in [0.4, 0.5) is 0 Å². The molecule has 0 aliphatic heterocycles. The number of aromatic hydroxyl groups is 2. The zero-order valence-electron chi connectivity index (χ0n) is 19.7. The first kappa shape index (κ1) is 27.5. The highest BCUT2D eigenvalue weighted by molar-refractivity contribution is 5.55. The maximum absolute atomic E-state index is 9.84. The number of phenolic OH excluding ortho intramolecular Hbond substituents is 2. The van der Waals surface area contributed by atoms with E-state index >= 15 is 0 Å². The third kappa shape index (κ3) is 15.9. The lowest BCUT2D eigenvalue weighted by molar-refractivity contribution is -0.0645. The fourth-order valence-electron chi connectivity index (χ4n) is 3.75. The summed E-state index contributed by atoms with van der Waals surface area (Å²) in [6, 6.07) is 4.51. The number of phenols is 2. The van der Waals surface area contributed by atoms with Crippen LogP contribution in [0.3, 0.4) is 0 Å². The van der Waals surface area contributed by atoms with E-state index in [1.54, 1.807) is 12.1 Å². The second kappa shape index (κ2) is 19.2. The maximum Gasteiger partial charge on any atom is 0.174 e. The van der Waals surface area contributed by atoms with Gasteiger partial charge in [-0.2, -0.15) is 0 Å². The number of rotatable bonds is 20. The highest BCUT2D eigenvalue weighted by Crippen LogP contribution is 2.25. The SMILES string of the molecule is CCCCCCCCCCCCCCCCCCOC(O)/C=C/c1ccc(O)c(O)c1. The topological polar surface area (TPSA) is 69.9 Å². The monoisotopic (exact) mass is 434 g/mol. The fraction of sp³-hybridized carbons (Fsp3) is 0.704. The predicted molar refractivity (Wildman–Crippen MR) is 130 cm³/mol. The lowest BCUT2D eigenvalue weighted by Gasteiger charge is -2.08. The van der Waals surface area contributed by atoms with E-state index in [2.05, 4.69) is 6.92 Å². The molecule has 178 valence electrons. The van der Waals surface area contributed by atoms with Crippen molar-refractivity contribution >= 4 is 6.08 Å². The smallest absolute Gasteiger partial charge is 0.174 e. The molecule has 0 saturated carbocycles. The minimum atomic E-state index is -0.952. The Kier molecular flexibility index (Phi) is 17.0. The fourth-order valence-corrected chi connectivity index (χ4v) is 3.75. The van der Waals surface area contributed by atoms with Crippen LogP contribution in [0.5, 0.6) is 11.5 Å². The third-order valence-corrected chi connectivity index (χ3v) is 5.74. The third-order valence-electron chi connectivity index (χ3n) is 5.74. The molecule has 0 heterocycles. The molecule has 0 amide bonds. The number of unbranched alkanes of at least 4 members (excludes halogenated alkanes) is 15. The van der Waals surface area contributed by atoms with E-state index in [0.717, 1.165) is 12.8 Å². The van der Waals surface area contributed by atoms with Crippen molar-refractivity contribution in [3.63, 3.8) is 0 Å². The van der Waals surface area contributed by atoms with Crippen LogP contribution in [-0.2, 0) is 4.74 Å². The first-order chi connectivity index (χ1) is 15.1. The summed E-state index contributed by atoms with van der Waals surface area (Å²) < 4.78 is 5.39. The van der Waals surface area contributed by atoms with Crippen LogP contribution in [0.2, 0.25) is 0 Å². The van der Waals surface area contributed by atoms with Crippen molar-refractivity contribution in [1.29, 1.82) is 0 Å². The van der Waals surface area contributed by atoms with Gasteiger partial charge in [0, 0.05) is 0 Å². The van der Waals surface area contributed by atoms with Crippen molar-refractivity contribution in [2.45, 2.75) is 116 Å². The molecule has 3 N–H and O–H groups in total. The zero-order valence-corrected chi connectivity index (χ0v) is 19.7. The van der Waals surface area contributed by atoms with E-state index in [1.165, 1.54) is 108 Å². The van der Waals surface area contributed by atoms with E-state index in [-0.39, 0.29) is 11.5 Å². The van der Waals surface area contributed by atoms with E-state index in [9.17, 15) is 15.3 Å². The number of hydrogen-bond donors (Lipinski definition) is 3. The van der Waals surface area contributed by atoms with Crippen LogP contribution < -0.4 is 0 Å². The van der Waals surface area contributed by atoms with Crippen LogP contribution in [-0.4, -0.2) is 28.2 Å². The minimum absolute atomic E-state index is 0.155. The Morgan fingerprint density at radius 1 is 0.710 bits per heavy atom. The van der Waals surface area contributed by atoms with Gasteiger partial charge in [-0.25, -0.2) is 0 Å². The Labute approximate surface area is 190 Å². The first-order valence-corrected chi connectivity index (χ1v) is 12.6. The first-order valence-electron chi connectivity index (χ1n) is 12.6. The quantitative estimate of drug-likeness (QED) is 0.112. The zero-order chi connectivity index (χ0) is 22.6. The van der Waals surface area contributed by atoms with Gasteiger partial charge in [-0.3, -0.25) is 0 Å². The minimum Gasteiger partial charge on any atom is -0.504 e. The molecule has 1 atom stereocenters. The van der Waals surface area contributed by atoms with Gasteiger partial charge in [0.15, 0.2) is 17.8 Å². The van der Waals surface area contributed by atoms with Crippen LogP contribution >= 0.6 is 0 Å². The van der Waals surface area contributed by atoms with Gasteiger partial charge < -0.3 is 20.1 Å². The number of ether oxygens (including phenoxy) is 1. The second-order valence-corrected chi connectivity index (χ2v) is 8.67. The Bertz CT molecular complexity index is 570. The van der Waals surface area contributed by atoms with Crippen molar-refractivity contribution < 1.29 is 20.1 Å². The normalized spacial score (nSPS) is 12.6. The van der Waals surface area contributed by atoms with Gasteiger partial charge in [-0.05, 0) is 30.2 Å². The second-order valence-electron chi connectivity index (χ2n) is 8.67. The molecule has 1 unspecified atom stereocenters. The summed E-state index contributed by atoms with van der Waals surface area (Å²) in [5.41, 5.74) is 0.695. The van der Waals surface area contributed by atoms with E-state index in [1.807, 2.05) is 0 Å². The maximum atomic E-state index is 9.84. The van der Waals surface area contributed by atoms with Gasteiger partial charge in [0.25, 0.3) is 0 Å². The summed E-state index contributed by atoms with van der Waals surface area (Å²) in [5.74, 6) is -0.330. The van der Waals surface area contributed by atoms with E-state index < -0.39 is 6.29 Å². The van der Waals surface area contributed by atoms with Crippen LogP contribution in [0.25, 0.3) is 6.08 Å². The molecule has 0 spiro atoms. The highest BCUT2D eigenvalue weighted by Gasteiger charge is 2.01. The summed E-state index contributed by atoms with van der Waals surface area (Å²) in [4.78, 5) is 0. The van der Waals surface area contributed by atoms with Crippen molar-refractivity contribution in [2.24, 2.45) is 0 Å². The number of hydrogen-bond acceptors (Lipinski definition) is 4. The lowest BCUT2D eigenvalue weighted by Crippen LogP contribution is -2.09. The molecule has 0 fully saturated rings. The van der Waals surface area contributed by atoms with E-state index in [4.69, 9.17) is 4.74 Å². The van der Waals surface area contributed by atoms with Gasteiger partial charge >= 0.3 is 0 Å². The van der Waals surface area contributed by atoms with Crippen molar-refractivity contribution in [3.05, 3.63) is 29.8 Å². The molecule has 0 aliphatic rings. The molecular formula is C27H46O4. The Hall–Kier alpha value is -1.52. The molecule has 0 aromatic heterocycles. The largest absolute Gasteiger partial charge is 0.504 e. The molecule has 0 radical (unpaired) electrons. The molecule has 1 aromatic rings. The number of aliphatic hydroxyl groups excluding tert-OH is 1. The number of aliphatic hydroxyl groups is 1. The lowest BCUT2D eigenvalue weighted by atomic mass is 10.0. The average Bonchev–Trinajstić information content (AvgIpc) is 2.76. The van der Waals surface area contributed by atoms with Crippen molar-refractivity contribution in [3.8, 4) is 11.5 Å². The van der Waals surface area contributed by atoms with Crippen molar-refractivity contribution in [2.75, 3.05) is 6.61 Å². The Morgan fingerprint density at radius 2 is 1.19 bits per heavy atom. The summed E-state index contributed by atoms with van der Waals surface area (Å²) in [6.07, 6.45) is 23.7. The van der Waals surface area contributed by atoms with Crippen LogP contribution in [0, 0.1) is 0 Å². The van der Waals surface area contributed by atoms with Gasteiger partial charge in [0.2, 0.25) is 0 Å². The van der Waals surface area contributed by atoms with Gasteiger partial charge in [0.05, 0.1) is 6.61 Å². The summed E-state index contributed by atoms with van der Waals surface area (Å²) in [6.45, 7) is 2.82. The molecule has 0 saturated heterocycles. The molecule has 31 heavy (non-hydrogen) atoms. The Balaban J connectivity index is 1.85. The van der Waals surface area contributed by atoms with Crippen LogP contribution in [0.15, 0.2) is 24.3 Å². The average molecular weight is 435 g/mol. The predicted octanol–water partition coefficient (Wildman–Crippen LogP) is 7.71. The summed E-state index contributed by atoms with van der Waals surface area (Å²) >= 11 is 0. The highest BCUT2D eigenvalue weighted by atomic mass is 16.6. The van der Waals surface area contributed by atoms with Gasteiger partial charge in [-0.15, -0.1) is 0 Å². The molecule has 4 heteroatoms. The standard InChI is InChI=1S/C27H46O4/c1-2-3-4-5-6-7-8-9-10-11-12-13-14-15-16-17-22-31-27(30)21-19-24-18-20-25(28)26(29)23-24/h18-21,23,27-30H,2-17,22H2,1H3/b21-19+. The summed E-state index contributed by atoms with van der Waals surface area (Å²) in [5, 5.41) is 28.6.